The van der Waals surface area contributed by atoms with Crippen LogP contribution in [0.4, 0.5) is 17.3 Å². The lowest BCUT2D eigenvalue weighted by molar-refractivity contribution is 0.602. The van der Waals surface area contributed by atoms with E-state index in [2.05, 4.69) is 30.2 Å². The Kier molecular flexibility index (Phi) is 4.53. The molecule has 0 unspecified atom stereocenters. The molecule has 9 heteroatoms. The van der Waals surface area contributed by atoms with E-state index in [1.54, 1.807) is 25.3 Å². The van der Waals surface area contributed by atoms with Gasteiger partial charge < -0.3 is 5.32 Å². The van der Waals surface area contributed by atoms with Crippen molar-refractivity contribution in [3.05, 3.63) is 48.4 Å². The van der Waals surface area contributed by atoms with Gasteiger partial charge in [-0.05, 0) is 37.5 Å². The lowest BCUT2D eigenvalue weighted by Gasteiger charge is -2.06. The van der Waals surface area contributed by atoms with Gasteiger partial charge in [0.1, 0.15) is 5.82 Å². The number of nitrogens with one attached hydrogen (secondary N) is 3. The van der Waals surface area contributed by atoms with Gasteiger partial charge in [-0.1, -0.05) is 12.1 Å². The van der Waals surface area contributed by atoms with Crippen LogP contribution in [0, 0.1) is 0 Å². The second kappa shape index (κ2) is 6.99. The van der Waals surface area contributed by atoms with Gasteiger partial charge in [-0.2, -0.15) is 5.10 Å². The van der Waals surface area contributed by atoms with Crippen LogP contribution in [0.1, 0.15) is 31.4 Å². The van der Waals surface area contributed by atoms with Crippen molar-refractivity contribution in [3.8, 4) is 11.3 Å². The van der Waals surface area contributed by atoms with Crippen LogP contribution >= 0.6 is 0 Å². The average Bonchev–Trinajstić information content (AvgIpc) is 3.42. The highest BCUT2D eigenvalue weighted by Gasteiger charge is 2.25. The molecule has 0 radical (unpaired) electrons. The molecule has 0 aliphatic heterocycles. The van der Waals surface area contributed by atoms with Crippen molar-refractivity contribution in [2.45, 2.75) is 25.7 Å². The summed E-state index contributed by atoms with van der Waals surface area (Å²) in [5.41, 5.74) is 3.28. The van der Waals surface area contributed by atoms with E-state index >= 15 is 0 Å². The van der Waals surface area contributed by atoms with Crippen LogP contribution in [0.25, 0.3) is 11.3 Å². The molecule has 3 N–H and O–H groups in total. The molecule has 1 aliphatic rings. The van der Waals surface area contributed by atoms with Gasteiger partial charge in [0.2, 0.25) is 10.0 Å². The lowest BCUT2D eigenvalue weighted by Crippen LogP contribution is -2.14. The molecule has 2 aromatic heterocycles. The summed E-state index contributed by atoms with van der Waals surface area (Å²) < 4.78 is 25.8. The lowest BCUT2D eigenvalue weighted by atomic mass is 10.1. The van der Waals surface area contributed by atoms with Gasteiger partial charge in [0.15, 0.2) is 5.82 Å². The molecule has 27 heavy (non-hydrogen) atoms. The quantitative estimate of drug-likeness (QED) is 0.576. The third kappa shape index (κ3) is 4.25. The van der Waals surface area contributed by atoms with Crippen molar-refractivity contribution in [1.82, 2.24) is 20.2 Å². The molecule has 0 atom stereocenters. The minimum Gasteiger partial charge on any atom is -0.322 e. The summed E-state index contributed by atoms with van der Waals surface area (Å²) in [6.45, 7) is 1.60. The molecule has 8 nitrogen and oxygen atoms in total. The summed E-state index contributed by atoms with van der Waals surface area (Å²) in [6, 6.07) is 8.96. The Morgan fingerprint density at radius 1 is 1.11 bits per heavy atom. The smallest absolute Gasteiger partial charge is 0.232 e. The first-order valence-corrected chi connectivity index (χ1v) is 10.4. The molecule has 140 valence electrons. The van der Waals surface area contributed by atoms with Gasteiger partial charge in [-0.25, -0.2) is 13.4 Å². The van der Waals surface area contributed by atoms with Crippen LogP contribution < -0.4 is 10.0 Å². The number of hydrogen-bond acceptors (Lipinski definition) is 6. The fourth-order valence-corrected chi connectivity index (χ4v) is 3.27. The molecule has 3 aromatic rings. The van der Waals surface area contributed by atoms with Gasteiger partial charge in [0, 0.05) is 17.7 Å². The molecule has 2 heterocycles. The number of H-pyrrole nitrogens is 1. The SMILES string of the molecule is CCS(=O)(=O)Nc1ccc(-c2cc(Nc3cnc(C4CC4)cn3)n[nH]2)cc1. The Labute approximate surface area is 157 Å². The minimum absolute atomic E-state index is 0.0366. The number of aromatic amines is 1. The fourth-order valence-electron chi connectivity index (χ4n) is 2.63. The Balaban J connectivity index is 1.44. The number of benzene rings is 1. The number of anilines is 3. The van der Waals surface area contributed by atoms with E-state index in [0.717, 1.165) is 17.0 Å². The molecule has 1 aromatic carbocycles. The summed E-state index contributed by atoms with van der Waals surface area (Å²) in [6.07, 6.45) is 5.92. The van der Waals surface area contributed by atoms with Crippen LogP contribution in [0.3, 0.4) is 0 Å². The highest BCUT2D eigenvalue weighted by Crippen LogP contribution is 2.38. The number of aromatic nitrogens is 4. The maximum atomic E-state index is 11.6. The number of sulfonamides is 1. The van der Waals surface area contributed by atoms with Crippen LogP contribution in [-0.2, 0) is 10.0 Å². The van der Waals surface area contributed by atoms with Crippen molar-refractivity contribution in [2.75, 3.05) is 15.8 Å². The Morgan fingerprint density at radius 3 is 2.52 bits per heavy atom. The van der Waals surface area contributed by atoms with Gasteiger partial charge in [0.25, 0.3) is 0 Å². The third-order valence-electron chi connectivity index (χ3n) is 4.35. The molecule has 1 fully saturated rings. The van der Waals surface area contributed by atoms with Crippen molar-refractivity contribution >= 4 is 27.3 Å². The summed E-state index contributed by atoms with van der Waals surface area (Å²) in [5.74, 6) is 1.89. The van der Waals surface area contributed by atoms with Gasteiger partial charge in [0.05, 0.1) is 29.5 Å². The summed E-state index contributed by atoms with van der Waals surface area (Å²) in [7, 11) is -3.28. The topological polar surface area (TPSA) is 113 Å². The van der Waals surface area contributed by atoms with Crippen molar-refractivity contribution in [1.29, 1.82) is 0 Å². The predicted molar refractivity (Wildman–Crippen MR) is 104 cm³/mol. The predicted octanol–water partition coefficient (Wildman–Crippen LogP) is 3.25. The van der Waals surface area contributed by atoms with Crippen LogP contribution in [0.2, 0.25) is 0 Å². The molecule has 1 aliphatic carbocycles. The van der Waals surface area contributed by atoms with E-state index in [1.807, 2.05) is 24.4 Å². The second-order valence-electron chi connectivity index (χ2n) is 6.48. The first kappa shape index (κ1) is 17.5. The van der Waals surface area contributed by atoms with E-state index in [1.165, 1.54) is 12.8 Å². The first-order chi connectivity index (χ1) is 13.0. The van der Waals surface area contributed by atoms with E-state index in [4.69, 9.17) is 0 Å². The largest absolute Gasteiger partial charge is 0.322 e. The molecule has 0 spiro atoms. The number of rotatable bonds is 7. The van der Waals surface area contributed by atoms with Gasteiger partial charge >= 0.3 is 0 Å². The van der Waals surface area contributed by atoms with E-state index in [0.29, 0.717) is 23.2 Å². The highest BCUT2D eigenvalue weighted by atomic mass is 32.2. The summed E-state index contributed by atoms with van der Waals surface area (Å²) in [4.78, 5) is 8.81. The zero-order valence-electron chi connectivity index (χ0n) is 14.8. The van der Waals surface area contributed by atoms with Crippen molar-refractivity contribution in [2.24, 2.45) is 0 Å². The molecule has 0 saturated heterocycles. The number of nitrogens with zero attached hydrogens (tertiary/aromatic N) is 3. The minimum atomic E-state index is -3.28. The Hall–Kier alpha value is -2.94. The summed E-state index contributed by atoms with van der Waals surface area (Å²) >= 11 is 0. The molecular weight excluding hydrogens is 364 g/mol. The maximum absolute atomic E-state index is 11.6. The molecule has 0 bridgehead atoms. The van der Waals surface area contributed by atoms with E-state index < -0.39 is 10.0 Å². The maximum Gasteiger partial charge on any atom is 0.232 e. The Morgan fingerprint density at radius 2 is 1.89 bits per heavy atom. The second-order valence-corrected chi connectivity index (χ2v) is 8.49. The van der Waals surface area contributed by atoms with Crippen LogP contribution in [0.5, 0.6) is 0 Å². The molecule has 4 rings (SSSR count). The van der Waals surface area contributed by atoms with Crippen molar-refractivity contribution in [3.63, 3.8) is 0 Å². The van der Waals surface area contributed by atoms with E-state index in [9.17, 15) is 8.42 Å². The van der Waals surface area contributed by atoms with Crippen molar-refractivity contribution < 1.29 is 8.42 Å². The first-order valence-electron chi connectivity index (χ1n) is 8.78. The zero-order chi connectivity index (χ0) is 18.9. The van der Waals surface area contributed by atoms with Crippen LogP contribution in [-0.4, -0.2) is 34.3 Å². The monoisotopic (exact) mass is 384 g/mol. The standard InChI is InChI=1S/C18H20N6O2S/c1-2-27(25,26)24-14-7-5-12(6-8-14)15-9-17(23-22-15)21-18-11-19-16(10-20-18)13-3-4-13/h5-11,13,24H,2-4H2,1H3,(H2,20,21,22,23). The highest BCUT2D eigenvalue weighted by molar-refractivity contribution is 7.92. The van der Waals surface area contributed by atoms with Gasteiger partial charge in [-0.3, -0.25) is 14.8 Å². The third-order valence-corrected chi connectivity index (χ3v) is 5.66. The number of hydrogen-bond donors (Lipinski definition) is 3. The fraction of sp³-hybridized carbons (Fsp3) is 0.278. The molecule has 1 saturated carbocycles. The molecular formula is C18H20N6O2S. The van der Waals surface area contributed by atoms with E-state index in [-0.39, 0.29) is 5.75 Å². The molecule has 0 amide bonds. The normalized spacial score (nSPS) is 14.1. The van der Waals surface area contributed by atoms with Crippen LogP contribution in [0.15, 0.2) is 42.7 Å². The zero-order valence-corrected chi connectivity index (χ0v) is 15.6. The Bertz CT molecular complexity index is 1020. The van der Waals surface area contributed by atoms with Gasteiger partial charge in [-0.15, -0.1) is 0 Å². The average molecular weight is 384 g/mol. The summed E-state index contributed by atoms with van der Waals surface area (Å²) in [5, 5.41) is 10.3.